The van der Waals surface area contributed by atoms with Crippen molar-refractivity contribution in [3.63, 3.8) is 0 Å². The van der Waals surface area contributed by atoms with Gasteiger partial charge in [-0.1, -0.05) is 20.8 Å². The van der Waals surface area contributed by atoms with Gasteiger partial charge in [-0.05, 0) is 38.4 Å². The van der Waals surface area contributed by atoms with E-state index in [2.05, 4.69) is 15.9 Å². The predicted octanol–water partition coefficient (Wildman–Crippen LogP) is 2.84. The first-order valence-corrected chi connectivity index (χ1v) is 7.12. The molecule has 0 bridgehead atoms. The van der Waals surface area contributed by atoms with Crippen molar-refractivity contribution >= 4 is 33.2 Å². The molecule has 1 heterocycles. The lowest BCUT2D eigenvalue weighted by atomic mass is 9.86. The maximum atomic E-state index is 12.1. The number of amides is 1. The van der Waals surface area contributed by atoms with Crippen LogP contribution in [0.25, 0.3) is 0 Å². The summed E-state index contributed by atoms with van der Waals surface area (Å²) in [6.07, 6.45) is 0. The molecule has 1 amide bonds. The molecule has 0 aromatic carbocycles. The van der Waals surface area contributed by atoms with E-state index in [1.807, 2.05) is 32.2 Å². The van der Waals surface area contributed by atoms with Gasteiger partial charge in [0, 0.05) is 13.6 Å². The van der Waals surface area contributed by atoms with Gasteiger partial charge >= 0.3 is 0 Å². The van der Waals surface area contributed by atoms with Crippen LogP contribution < -0.4 is 5.73 Å². The standard InChI is InChI=1S/C12H19BrN2OS/c1-12(2,3)10(14)11(16)15(4)6-8-5-9(13)17-7-8/h5,7,10H,6,14H2,1-4H3. The largest absolute Gasteiger partial charge is 0.340 e. The Hall–Kier alpha value is -0.390. The van der Waals surface area contributed by atoms with Gasteiger partial charge in [-0.15, -0.1) is 11.3 Å². The smallest absolute Gasteiger partial charge is 0.240 e. The molecule has 0 saturated carbocycles. The number of carbonyl (C=O) groups excluding carboxylic acids is 1. The normalized spacial score (nSPS) is 13.5. The van der Waals surface area contributed by atoms with E-state index < -0.39 is 6.04 Å². The zero-order valence-electron chi connectivity index (χ0n) is 10.7. The van der Waals surface area contributed by atoms with Gasteiger partial charge in [0.1, 0.15) is 0 Å². The minimum absolute atomic E-state index is 0.0141. The fourth-order valence-corrected chi connectivity index (χ4v) is 2.59. The number of thiophene rings is 1. The number of carbonyl (C=O) groups is 1. The molecular formula is C12H19BrN2OS. The van der Waals surface area contributed by atoms with E-state index in [9.17, 15) is 4.79 Å². The minimum atomic E-state index is -0.463. The van der Waals surface area contributed by atoms with Crippen LogP contribution in [0.1, 0.15) is 26.3 Å². The van der Waals surface area contributed by atoms with Gasteiger partial charge in [0.05, 0.1) is 9.83 Å². The van der Waals surface area contributed by atoms with Crippen LogP contribution in [-0.4, -0.2) is 23.9 Å². The number of hydrogen-bond donors (Lipinski definition) is 1. The number of nitrogens with two attached hydrogens (primary N) is 1. The monoisotopic (exact) mass is 318 g/mol. The molecule has 0 aliphatic heterocycles. The third-order valence-corrected chi connectivity index (χ3v) is 4.17. The van der Waals surface area contributed by atoms with Crippen molar-refractivity contribution in [3.05, 3.63) is 20.8 Å². The summed E-state index contributed by atoms with van der Waals surface area (Å²) in [4.78, 5) is 13.8. The van der Waals surface area contributed by atoms with Crippen LogP contribution >= 0.6 is 27.3 Å². The van der Waals surface area contributed by atoms with Gasteiger partial charge in [0.15, 0.2) is 0 Å². The molecule has 1 rings (SSSR count). The van der Waals surface area contributed by atoms with E-state index in [1.54, 1.807) is 23.3 Å². The van der Waals surface area contributed by atoms with Crippen molar-refractivity contribution in [2.45, 2.75) is 33.4 Å². The first kappa shape index (κ1) is 14.7. The molecule has 0 aliphatic rings. The molecule has 2 N–H and O–H groups in total. The lowest BCUT2D eigenvalue weighted by Gasteiger charge is -2.29. The van der Waals surface area contributed by atoms with Gasteiger partial charge in [-0.3, -0.25) is 4.79 Å². The second-order valence-corrected chi connectivity index (χ2v) is 7.59. The van der Waals surface area contributed by atoms with Crippen LogP contribution in [0.3, 0.4) is 0 Å². The zero-order valence-corrected chi connectivity index (χ0v) is 13.1. The summed E-state index contributed by atoms with van der Waals surface area (Å²) < 4.78 is 1.08. The average Bonchev–Trinajstić information content (AvgIpc) is 2.60. The molecule has 5 heteroatoms. The molecule has 0 fully saturated rings. The Morgan fingerprint density at radius 3 is 2.59 bits per heavy atom. The number of nitrogens with zero attached hydrogens (tertiary/aromatic N) is 1. The van der Waals surface area contributed by atoms with Crippen LogP contribution in [0.5, 0.6) is 0 Å². The summed E-state index contributed by atoms with van der Waals surface area (Å²) >= 11 is 5.03. The topological polar surface area (TPSA) is 46.3 Å². The van der Waals surface area contributed by atoms with Crippen molar-refractivity contribution in [2.24, 2.45) is 11.1 Å². The molecule has 96 valence electrons. The predicted molar refractivity (Wildman–Crippen MR) is 75.9 cm³/mol. The van der Waals surface area contributed by atoms with Crippen molar-refractivity contribution in [2.75, 3.05) is 7.05 Å². The third-order valence-electron chi connectivity index (χ3n) is 2.62. The molecule has 1 atom stereocenters. The van der Waals surface area contributed by atoms with E-state index in [4.69, 9.17) is 5.73 Å². The zero-order chi connectivity index (χ0) is 13.2. The Balaban J connectivity index is 2.65. The Morgan fingerprint density at radius 2 is 2.18 bits per heavy atom. The van der Waals surface area contributed by atoms with Gasteiger partial charge in [-0.25, -0.2) is 0 Å². The van der Waals surface area contributed by atoms with E-state index in [0.29, 0.717) is 6.54 Å². The summed E-state index contributed by atoms with van der Waals surface area (Å²) in [6.45, 7) is 6.53. The lowest BCUT2D eigenvalue weighted by molar-refractivity contribution is -0.134. The second-order valence-electron chi connectivity index (χ2n) is 5.30. The minimum Gasteiger partial charge on any atom is -0.340 e. The maximum Gasteiger partial charge on any atom is 0.240 e. The van der Waals surface area contributed by atoms with E-state index in [1.165, 1.54) is 0 Å². The molecule has 3 nitrogen and oxygen atoms in total. The summed E-state index contributed by atoms with van der Waals surface area (Å²) in [5, 5.41) is 2.04. The van der Waals surface area contributed by atoms with Crippen LogP contribution in [-0.2, 0) is 11.3 Å². The Kier molecular flexibility index (Phi) is 4.75. The van der Waals surface area contributed by atoms with E-state index in [-0.39, 0.29) is 11.3 Å². The van der Waals surface area contributed by atoms with Crippen molar-refractivity contribution in [1.29, 1.82) is 0 Å². The highest BCUT2D eigenvalue weighted by Gasteiger charge is 2.29. The number of hydrogen-bond acceptors (Lipinski definition) is 3. The third kappa shape index (κ3) is 4.08. The Bertz CT molecular complexity index is 397. The molecule has 1 aromatic rings. The molecule has 0 aliphatic carbocycles. The number of rotatable bonds is 3. The van der Waals surface area contributed by atoms with Crippen LogP contribution in [0.2, 0.25) is 0 Å². The van der Waals surface area contributed by atoms with Gasteiger partial charge in [-0.2, -0.15) is 0 Å². The molecule has 17 heavy (non-hydrogen) atoms. The van der Waals surface area contributed by atoms with E-state index >= 15 is 0 Å². The second kappa shape index (κ2) is 5.50. The highest BCUT2D eigenvalue weighted by Crippen LogP contribution is 2.23. The number of halogens is 1. The first-order valence-electron chi connectivity index (χ1n) is 5.45. The molecule has 0 radical (unpaired) electrons. The van der Waals surface area contributed by atoms with Crippen LogP contribution in [0.4, 0.5) is 0 Å². The summed E-state index contributed by atoms with van der Waals surface area (Å²) in [5.41, 5.74) is 6.87. The quantitative estimate of drug-likeness (QED) is 0.931. The summed E-state index contributed by atoms with van der Waals surface area (Å²) in [6, 6.07) is 1.56. The van der Waals surface area contributed by atoms with Gasteiger partial charge < -0.3 is 10.6 Å². The molecular weight excluding hydrogens is 300 g/mol. The van der Waals surface area contributed by atoms with Gasteiger partial charge in [0.2, 0.25) is 5.91 Å². The Morgan fingerprint density at radius 1 is 1.59 bits per heavy atom. The first-order chi connectivity index (χ1) is 7.71. The average molecular weight is 319 g/mol. The van der Waals surface area contributed by atoms with E-state index in [0.717, 1.165) is 9.35 Å². The fourth-order valence-electron chi connectivity index (χ4n) is 1.39. The molecule has 1 unspecified atom stereocenters. The Labute approximate surface area is 115 Å². The molecule has 0 spiro atoms. The van der Waals surface area contributed by atoms with Crippen molar-refractivity contribution in [3.8, 4) is 0 Å². The van der Waals surface area contributed by atoms with Crippen LogP contribution in [0.15, 0.2) is 15.2 Å². The number of likely N-dealkylation sites (N-methyl/N-ethyl adjacent to an activating group) is 1. The highest BCUT2D eigenvalue weighted by atomic mass is 79.9. The summed E-state index contributed by atoms with van der Waals surface area (Å²) in [7, 11) is 1.79. The maximum absolute atomic E-state index is 12.1. The highest BCUT2D eigenvalue weighted by molar-refractivity contribution is 9.11. The van der Waals surface area contributed by atoms with Crippen LogP contribution in [0, 0.1) is 5.41 Å². The lowest BCUT2D eigenvalue weighted by Crippen LogP contribution is -2.48. The van der Waals surface area contributed by atoms with Crippen molar-refractivity contribution in [1.82, 2.24) is 4.90 Å². The molecule has 1 aromatic heterocycles. The van der Waals surface area contributed by atoms with Crippen molar-refractivity contribution < 1.29 is 4.79 Å². The fraction of sp³-hybridized carbons (Fsp3) is 0.583. The SMILES string of the molecule is CN(Cc1csc(Br)c1)C(=O)C(N)C(C)(C)C. The van der Waals surface area contributed by atoms with Gasteiger partial charge in [0.25, 0.3) is 0 Å². The summed E-state index contributed by atoms with van der Waals surface area (Å²) in [5.74, 6) is -0.0141. The molecule has 0 saturated heterocycles.